The van der Waals surface area contributed by atoms with E-state index in [4.69, 9.17) is 0 Å². The number of rotatable bonds is 5. The zero-order chi connectivity index (χ0) is 23.6. The third-order valence-electron chi connectivity index (χ3n) is 5.05. The number of alkyl halides is 3. The summed E-state index contributed by atoms with van der Waals surface area (Å²) in [5, 5.41) is 14.7. The van der Waals surface area contributed by atoms with Gasteiger partial charge < -0.3 is 10.6 Å². The Morgan fingerprint density at radius 1 is 1.12 bits per heavy atom. The summed E-state index contributed by atoms with van der Waals surface area (Å²) in [6, 6.07) is 8.96. The SMILES string of the molecule is Cc1ccsc1C1CC(c2cccs2)=NN1C(=O)CNC(=O)Nc1ccc(C(F)(F)F)cc1. The molecule has 1 unspecified atom stereocenters. The lowest BCUT2D eigenvalue weighted by Crippen LogP contribution is -2.39. The van der Waals surface area contributed by atoms with Crippen molar-refractivity contribution < 1.29 is 22.8 Å². The van der Waals surface area contributed by atoms with Crippen molar-refractivity contribution in [3.8, 4) is 0 Å². The van der Waals surface area contributed by atoms with E-state index in [1.165, 1.54) is 5.01 Å². The smallest absolute Gasteiger partial charge is 0.329 e. The van der Waals surface area contributed by atoms with E-state index in [0.29, 0.717) is 6.42 Å². The molecule has 172 valence electrons. The van der Waals surface area contributed by atoms with E-state index in [1.54, 1.807) is 22.7 Å². The van der Waals surface area contributed by atoms with Crippen LogP contribution in [0.5, 0.6) is 0 Å². The van der Waals surface area contributed by atoms with Gasteiger partial charge in [-0.15, -0.1) is 22.7 Å². The molecule has 0 saturated heterocycles. The van der Waals surface area contributed by atoms with Gasteiger partial charge in [-0.05, 0) is 59.6 Å². The molecular formula is C22H19F3N4O2S2. The largest absolute Gasteiger partial charge is 0.416 e. The number of anilines is 1. The number of carbonyl (C=O) groups is 2. The zero-order valence-corrected chi connectivity index (χ0v) is 19.0. The quantitative estimate of drug-likeness (QED) is 0.484. The molecule has 1 atom stereocenters. The molecule has 3 heterocycles. The Kier molecular flexibility index (Phi) is 6.52. The lowest BCUT2D eigenvalue weighted by Gasteiger charge is -2.21. The summed E-state index contributed by atoms with van der Waals surface area (Å²) < 4.78 is 38.0. The second-order valence-electron chi connectivity index (χ2n) is 7.33. The summed E-state index contributed by atoms with van der Waals surface area (Å²) in [7, 11) is 0. The lowest BCUT2D eigenvalue weighted by molar-refractivity contribution is -0.137. The number of thiophene rings is 2. The van der Waals surface area contributed by atoms with Crippen molar-refractivity contribution in [2.75, 3.05) is 11.9 Å². The van der Waals surface area contributed by atoms with Crippen LogP contribution in [-0.2, 0) is 11.0 Å². The number of halogens is 3. The Morgan fingerprint density at radius 3 is 2.48 bits per heavy atom. The van der Waals surface area contributed by atoms with Crippen LogP contribution in [0.25, 0.3) is 0 Å². The first kappa shape index (κ1) is 23.0. The maximum Gasteiger partial charge on any atom is 0.416 e. The molecule has 0 aliphatic carbocycles. The lowest BCUT2D eigenvalue weighted by atomic mass is 10.1. The van der Waals surface area contributed by atoms with E-state index in [-0.39, 0.29) is 24.2 Å². The summed E-state index contributed by atoms with van der Waals surface area (Å²) in [5.41, 5.74) is 1.25. The standard InChI is InChI=1S/C22H19F3N4O2S2/c1-13-8-10-33-20(13)17-11-16(18-3-2-9-32-18)28-29(17)19(30)12-26-21(31)27-15-6-4-14(5-7-15)22(23,24)25/h2-10,17H,11-12H2,1H3,(H2,26,27,31). The molecule has 2 N–H and O–H groups in total. The molecule has 3 amide bonds. The van der Waals surface area contributed by atoms with Crippen LogP contribution in [-0.4, -0.2) is 29.2 Å². The van der Waals surface area contributed by atoms with Gasteiger partial charge in [-0.25, -0.2) is 9.80 Å². The molecule has 2 aromatic heterocycles. The van der Waals surface area contributed by atoms with Crippen LogP contribution < -0.4 is 10.6 Å². The Balaban J connectivity index is 1.41. The van der Waals surface area contributed by atoms with E-state index >= 15 is 0 Å². The maximum atomic E-state index is 12.9. The van der Waals surface area contributed by atoms with Crippen molar-refractivity contribution in [3.05, 3.63) is 74.1 Å². The van der Waals surface area contributed by atoms with Gasteiger partial charge >= 0.3 is 12.2 Å². The normalized spacial score (nSPS) is 15.9. The van der Waals surface area contributed by atoms with Gasteiger partial charge in [0.05, 0.1) is 22.2 Å². The van der Waals surface area contributed by atoms with Crippen molar-refractivity contribution in [3.63, 3.8) is 0 Å². The number of carbonyl (C=O) groups excluding carboxylic acids is 2. The molecule has 0 spiro atoms. The number of hydrogen-bond donors (Lipinski definition) is 2. The second kappa shape index (κ2) is 9.36. The number of nitrogens with one attached hydrogen (secondary N) is 2. The molecule has 0 bridgehead atoms. The first-order valence-corrected chi connectivity index (χ1v) is 11.7. The predicted octanol–water partition coefficient (Wildman–Crippen LogP) is 5.64. The highest BCUT2D eigenvalue weighted by Gasteiger charge is 2.35. The minimum absolute atomic E-state index is 0.180. The molecule has 33 heavy (non-hydrogen) atoms. The number of hydrogen-bond acceptors (Lipinski definition) is 5. The van der Waals surface area contributed by atoms with Crippen LogP contribution in [0.4, 0.5) is 23.7 Å². The minimum atomic E-state index is -4.46. The Labute approximate surface area is 195 Å². The molecule has 3 aromatic rings. The van der Waals surface area contributed by atoms with Crippen molar-refractivity contribution in [1.82, 2.24) is 10.3 Å². The van der Waals surface area contributed by atoms with E-state index in [2.05, 4.69) is 15.7 Å². The second-order valence-corrected chi connectivity index (χ2v) is 9.23. The van der Waals surface area contributed by atoms with E-state index < -0.39 is 17.8 Å². The highest BCUT2D eigenvalue weighted by molar-refractivity contribution is 7.12. The fraction of sp³-hybridized carbons (Fsp3) is 0.227. The number of nitrogens with zero attached hydrogens (tertiary/aromatic N) is 2. The first-order valence-electron chi connectivity index (χ1n) is 9.92. The van der Waals surface area contributed by atoms with Gasteiger partial charge in [0.2, 0.25) is 0 Å². The third-order valence-corrected chi connectivity index (χ3v) is 7.09. The van der Waals surface area contributed by atoms with E-state index in [0.717, 1.165) is 45.3 Å². The third kappa shape index (κ3) is 5.25. The van der Waals surface area contributed by atoms with Gasteiger partial charge in [-0.1, -0.05) is 6.07 Å². The summed E-state index contributed by atoms with van der Waals surface area (Å²) in [6.45, 7) is 1.67. The van der Waals surface area contributed by atoms with Crippen LogP contribution in [0, 0.1) is 6.92 Å². The molecule has 4 rings (SSSR count). The van der Waals surface area contributed by atoms with Crippen LogP contribution in [0.15, 0.2) is 58.3 Å². The number of aryl methyl sites for hydroxylation is 1. The van der Waals surface area contributed by atoms with Crippen molar-refractivity contribution >= 4 is 46.0 Å². The Hall–Kier alpha value is -3.18. The van der Waals surface area contributed by atoms with Crippen molar-refractivity contribution in [2.45, 2.75) is 25.6 Å². The Morgan fingerprint density at radius 2 is 1.88 bits per heavy atom. The summed E-state index contributed by atoms with van der Waals surface area (Å²) in [4.78, 5) is 27.1. The van der Waals surface area contributed by atoms with Crippen LogP contribution in [0.1, 0.15) is 33.3 Å². The van der Waals surface area contributed by atoms with E-state index in [9.17, 15) is 22.8 Å². The minimum Gasteiger partial charge on any atom is -0.329 e. The predicted molar refractivity (Wildman–Crippen MR) is 123 cm³/mol. The van der Waals surface area contributed by atoms with E-state index in [1.807, 2.05) is 35.9 Å². The van der Waals surface area contributed by atoms with Gasteiger partial charge in [-0.3, -0.25) is 4.79 Å². The summed E-state index contributed by atoms with van der Waals surface area (Å²) in [6.07, 6.45) is -3.88. The monoisotopic (exact) mass is 492 g/mol. The molecule has 1 aliphatic heterocycles. The fourth-order valence-corrected chi connectivity index (χ4v) is 5.15. The summed E-state index contributed by atoms with van der Waals surface area (Å²) >= 11 is 3.10. The number of benzene rings is 1. The van der Waals surface area contributed by atoms with Crippen LogP contribution >= 0.6 is 22.7 Å². The number of urea groups is 1. The van der Waals surface area contributed by atoms with Crippen LogP contribution in [0.2, 0.25) is 0 Å². The highest BCUT2D eigenvalue weighted by atomic mass is 32.1. The molecule has 0 radical (unpaired) electrons. The first-order chi connectivity index (χ1) is 15.7. The molecular weight excluding hydrogens is 473 g/mol. The topological polar surface area (TPSA) is 73.8 Å². The molecule has 1 aromatic carbocycles. The maximum absolute atomic E-state index is 12.9. The van der Waals surface area contributed by atoms with Gasteiger partial charge in [0.15, 0.2) is 0 Å². The molecule has 11 heteroatoms. The summed E-state index contributed by atoms with van der Waals surface area (Å²) in [5.74, 6) is -0.387. The van der Waals surface area contributed by atoms with Crippen molar-refractivity contribution in [2.24, 2.45) is 5.10 Å². The molecule has 6 nitrogen and oxygen atoms in total. The average molecular weight is 493 g/mol. The van der Waals surface area contributed by atoms with Gasteiger partial charge in [0.1, 0.15) is 6.54 Å². The van der Waals surface area contributed by atoms with Gasteiger partial charge in [0, 0.05) is 17.0 Å². The highest BCUT2D eigenvalue weighted by Crippen LogP contribution is 2.37. The van der Waals surface area contributed by atoms with Gasteiger partial charge in [-0.2, -0.15) is 18.3 Å². The Bertz CT molecular complexity index is 1170. The molecule has 1 aliphatic rings. The average Bonchev–Trinajstić information content (AvgIpc) is 3.52. The zero-order valence-electron chi connectivity index (χ0n) is 17.3. The van der Waals surface area contributed by atoms with Crippen LogP contribution in [0.3, 0.4) is 0 Å². The van der Waals surface area contributed by atoms with Crippen molar-refractivity contribution in [1.29, 1.82) is 0 Å². The number of hydrazone groups is 1. The number of amides is 3. The fourth-order valence-electron chi connectivity index (χ4n) is 3.42. The van der Waals surface area contributed by atoms with Gasteiger partial charge in [0.25, 0.3) is 5.91 Å². The molecule has 0 saturated carbocycles. The molecule has 0 fully saturated rings.